The fourth-order valence-electron chi connectivity index (χ4n) is 3.40. The lowest BCUT2D eigenvalue weighted by Crippen LogP contribution is -2.32. The molecule has 1 fully saturated rings. The first-order valence-corrected chi connectivity index (χ1v) is 11.1. The zero-order valence-electron chi connectivity index (χ0n) is 16.4. The van der Waals surface area contributed by atoms with Gasteiger partial charge < -0.3 is 15.2 Å². The van der Waals surface area contributed by atoms with E-state index in [9.17, 15) is 18.3 Å². The predicted molar refractivity (Wildman–Crippen MR) is 111 cm³/mol. The highest BCUT2D eigenvalue weighted by Gasteiger charge is 2.27. The van der Waals surface area contributed by atoms with Crippen molar-refractivity contribution in [2.45, 2.75) is 37.2 Å². The van der Waals surface area contributed by atoms with Gasteiger partial charge in [-0.2, -0.15) is 4.31 Å². The van der Waals surface area contributed by atoms with Gasteiger partial charge in [0.2, 0.25) is 10.0 Å². The van der Waals surface area contributed by atoms with Gasteiger partial charge in [0.25, 0.3) is 5.91 Å². The minimum absolute atomic E-state index is 0.0782. The molecule has 1 aliphatic rings. The number of hydrogen-bond acceptors (Lipinski definition) is 5. The average molecular weight is 419 g/mol. The minimum atomic E-state index is -3.69. The van der Waals surface area contributed by atoms with Crippen molar-refractivity contribution >= 4 is 21.6 Å². The largest absolute Gasteiger partial charge is 0.496 e. The fraction of sp³-hybridized carbons (Fsp3) is 0.381. The Balaban J connectivity index is 1.90. The molecule has 1 aliphatic heterocycles. The number of benzene rings is 2. The highest BCUT2D eigenvalue weighted by Crippen LogP contribution is 2.27. The summed E-state index contributed by atoms with van der Waals surface area (Å²) < 4.78 is 32.9. The fourth-order valence-corrected chi connectivity index (χ4v) is 4.95. The number of methoxy groups -OCH3 is 1. The summed E-state index contributed by atoms with van der Waals surface area (Å²) in [5, 5.41) is 12.0. The van der Waals surface area contributed by atoms with E-state index in [4.69, 9.17) is 4.74 Å². The highest BCUT2D eigenvalue weighted by molar-refractivity contribution is 7.89. The Morgan fingerprint density at radius 2 is 1.83 bits per heavy atom. The Hall–Kier alpha value is -2.42. The van der Waals surface area contributed by atoms with Gasteiger partial charge in [-0.05, 0) is 48.7 Å². The second-order valence-corrected chi connectivity index (χ2v) is 8.93. The third-order valence-electron chi connectivity index (χ3n) is 4.99. The van der Waals surface area contributed by atoms with E-state index in [1.165, 1.54) is 29.6 Å². The summed E-state index contributed by atoms with van der Waals surface area (Å²) in [7, 11) is -2.25. The number of nitrogens with one attached hydrogen (secondary N) is 1. The number of amides is 1. The number of anilines is 1. The van der Waals surface area contributed by atoms with Gasteiger partial charge in [-0.3, -0.25) is 4.79 Å². The Kier molecular flexibility index (Phi) is 6.89. The molecule has 0 aliphatic carbocycles. The maximum atomic E-state index is 13.1. The molecule has 0 atom stereocenters. The predicted octanol–water partition coefficient (Wildman–Crippen LogP) is 3.00. The van der Waals surface area contributed by atoms with Crippen LogP contribution >= 0.6 is 0 Å². The molecule has 0 unspecified atom stereocenters. The number of hydrogen-bond donors (Lipinski definition) is 2. The van der Waals surface area contributed by atoms with Gasteiger partial charge in [0.15, 0.2) is 0 Å². The number of nitrogens with zero attached hydrogens (tertiary/aromatic N) is 1. The number of ether oxygens (including phenoxy) is 1. The zero-order valence-corrected chi connectivity index (χ0v) is 17.2. The molecule has 0 aromatic heterocycles. The van der Waals surface area contributed by atoms with Crippen molar-refractivity contribution in [3.63, 3.8) is 0 Å². The third-order valence-corrected chi connectivity index (χ3v) is 6.88. The molecule has 2 aromatic carbocycles. The van der Waals surface area contributed by atoms with Crippen molar-refractivity contribution in [1.82, 2.24) is 4.31 Å². The van der Waals surface area contributed by atoms with Crippen molar-refractivity contribution in [3.8, 4) is 5.75 Å². The molecule has 2 aromatic rings. The maximum absolute atomic E-state index is 13.1. The summed E-state index contributed by atoms with van der Waals surface area (Å²) in [6, 6.07) is 11.2. The number of aliphatic hydroxyl groups excluding tert-OH is 1. The Labute approximate surface area is 171 Å². The lowest BCUT2D eigenvalue weighted by atomic mass is 10.1. The van der Waals surface area contributed by atoms with Crippen LogP contribution < -0.4 is 10.1 Å². The summed E-state index contributed by atoms with van der Waals surface area (Å²) >= 11 is 0. The van der Waals surface area contributed by atoms with Crippen LogP contribution in [0.3, 0.4) is 0 Å². The van der Waals surface area contributed by atoms with E-state index in [0.29, 0.717) is 24.3 Å². The van der Waals surface area contributed by atoms with E-state index in [0.717, 1.165) is 25.7 Å². The van der Waals surface area contributed by atoms with Crippen molar-refractivity contribution in [3.05, 3.63) is 53.6 Å². The molecule has 0 spiro atoms. The molecule has 1 heterocycles. The van der Waals surface area contributed by atoms with E-state index in [1.54, 1.807) is 24.3 Å². The molecule has 1 amide bonds. The van der Waals surface area contributed by atoms with Crippen LogP contribution in [0.15, 0.2) is 47.4 Å². The molecule has 1 saturated heterocycles. The van der Waals surface area contributed by atoms with Gasteiger partial charge in [0.1, 0.15) is 5.75 Å². The highest BCUT2D eigenvalue weighted by atomic mass is 32.2. The third kappa shape index (κ3) is 4.95. The van der Waals surface area contributed by atoms with Gasteiger partial charge in [0, 0.05) is 18.8 Å². The van der Waals surface area contributed by atoms with E-state index >= 15 is 0 Å². The molecule has 3 rings (SSSR count). The molecule has 0 radical (unpaired) electrons. The van der Waals surface area contributed by atoms with E-state index in [2.05, 4.69) is 5.32 Å². The maximum Gasteiger partial charge on any atom is 0.259 e. The van der Waals surface area contributed by atoms with E-state index < -0.39 is 15.9 Å². The van der Waals surface area contributed by atoms with Crippen molar-refractivity contribution in [2.24, 2.45) is 0 Å². The molecule has 7 nitrogen and oxygen atoms in total. The summed E-state index contributed by atoms with van der Waals surface area (Å²) in [5.41, 5.74) is 1.30. The van der Waals surface area contributed by atoms with E-state index in [1.807, 2.05) is 0 Å². The summed E-state index contributed by atoms with van der Waals surface area (Å²) in [4.78, 5) is 12.9. The number of carbonyl (C=O) groups excluding carboxylic acids is 1. The molecular formula is C21H26N2O5S. The summed E-state index contributed by atoms with van der Waals surface area (Å²) in [6.45, 7) is 0.838. The SMILES string of the molecule is COc1ccc(S(=O)(=O)N2CCCCCC2)cc1C(=O)Nc1cccc(CO)c1. The van der Waals surface area contributed by atoms with Crippen molar-refractivity contribution < 1.29 is 23.1 Å². The number of sulfonamides is 1. The van der Waals surface area contributed by atoms with Crippen LogP contribution in [0.25, 0.3) is 0 Å². The Morgan fingerprint density at radius 1 is 1.10 bits per heavy atom. The van der Waals surface area contributed by atoms with Crippen LogP contribution in [0.4, 0.5) is 5.69 Å². The quantitative estimate of drug-likeness (QED) is 0.752. The minimum Gasteiger partial charge on any atom is -0.496 e. The Bertz CT molecular complexity index is 967. The summed E-state index contributed by atoms with van der Waals surface area (Å²) in [5.74, 6) is -0.194. The monoisotopic (exact) mass is 418 g/mol. The number of rotatable bonds is 6. The van der Waals surface area contributed by atoms with Gasteiger partial charge >= 0.3 is 0 Å². The van der Waals surface area contributed by atoms with Crippen LogP contribution in [0.5, 0.6) is 5.75 Å². The van der Waals surface area contributed by atoms with Gasteiger partial charge in [0.05, 0.1) is 24.2 Å². The van der Waals surface area contributed by atoms with Crippen LogP contribution in [0, 0.1) is 0 Å². The first-order chi connectivity index (χ1) is 14.0. The van der Waals surface area contributed by atoms with Crippen LogP contribution in [-0.4, -0.2) is 43.9 Å². The average Bonchev–Trinajstić information content (AvgIpc) is 3.03. The number of aliphatic hydroxyl groups is 1. The molecule has 0 saturated carbocycles. The molecule has 8 heteroatoms. The first kappa shape index (κ1) is 21.3. The molecule has 156 valence electrons. The number of carbonyl (C=O) groups is 1. The second-order valence-electron chi connectivity index (χ2n) is 6.99. The van der Waals surface area contributed by atoms with Gasteiger partial charge in [-0.25, -0.2) is 8.42 Å². The lowest BCUT2D eigenvalue weighted by molar-refractivity contribution is 0.102. The summed E-state index contributed by atoms with van der Waals surface area (Å²) in [6.07, 6.45) is 3.72. The zero-order chi connectivity index (χ0) is 20.9. The van der Waals surface area contributed by atoms with Crippen molar-refractivity contribution in [2.75, 3.05) is 25.5 Å². The van der Waals surface area contributed by atoms with E-state index in [-0.39, 0.29) is 22.8 Å². The van der Waals surface area contributed by atoms with Crippen molar-refractivity contribution in [1.29, 1.82) is 0 Å². The molecular weight excluding hydrogens is 392 g/mol. The molecule has 0 bridgehead atoms. The Morgan fingerprint density at radius 3 is 2.48 bits per heavy atom. The smallest absolute Gasteiger partial charge is 0.259 e. The van der Waals surface area contributed by atoms with Gasteiger partial charge in [-0.1, -0.05) is 25.0 Å². The van der Waals surface area contributed by atoms with Crippen LogP contribution in [0.1, 0.15) is 41.6 Å². The van der Waals surface area contributed by atoms with Crippen LogP contribution in [-0.2, 0) is 16.6 Å². The molecule has 2 N–H and O–H groups in total. The first-order valence-electron chi connectivity index (χ1n) is 9.65. The molecule has 29 heavy (non-hydrogen) atoms. The lowest BCUT2D eigenvalue weighted by Gasteiger charge is -2.20. The standard InChI is InChI=1S/C21H26N2O5S/c1-28-20-10-9-18(29(26,27)23-11-4-2-3-5-12-23)14-19(20)21(25)22-17-8-6-7-16(13-17)15-24/h6-10,13-14,24H,2-5,11-12,15H2,1H3,(H,22,25). The van der Waals surface area contributed by atoms with Gasteiger partial charge in [-0.15, -0.1) is 0 Å². The normalized spacial score (nSPS) is 15.5. The second kappa shape index (κ2) is 9.39. The topological polar surface area (TPSA) is 95.9 Å². The van der Waals surface area contributed by atoms with Crippen LogP contribution in [0.2, 0.25) is 0 Å².